The smallest absolute Gasteiger partial charge is 0.409 e. The van der Waals surface area contributed by atoms with Gasteiger partial charge in [-0.2, -0.15) is 0 Å². The van der Waals surface area contributed by atoms with Gasteiger partial charge in [-0.1, -0.05) is 64.7 Å². The molecule has 0 saturated heterocycles. The van der Waals surface area contributed by atoms with Crippen molar-refractivity contribution in [2.45, 2.75) is 71.1 Å². The summed E-state index contributed by atoms with van der Waals surface area (Å²) in [5.41, 5.74) is 0. The van der Waals surface area contributed by atoms with Gasteiger partial charge in [0.05, 0.1) is 7.11 Å². The Balaban J connectivity index is 3.14. The Hall–Kier alpha value is -0.730. The summed E-state index contributed by atoms with van der Waals surface area (Å²) in [6.45, 7) is 3.06. The molecule has 0 heterocycles. The molecule has 3 heteroatoms. The van der Waals surface area contributed by atoms with Gasteiger partial charge in [0.15, 0.2) is 0 Å². The summed E-state index contributed by atoms with van der Waals surface area (Å²) in [5.74, 6) is 0. The highest BCUT2D eigenvalue weighted by atomic mass is 16.5. The first kappa shape index (κ1) is 17.3. The fourth-order valence-electron chi connectivity index (χ4n) is 2.08. The monoisotopic (exact) mass is 257 g/mol. The number of carbonyl (C=O) groups excluding carboxylic acids is 1. The molecule has 0 unspecified atom stereocenters. The Morgan fingerprint density at radius 3 is 1.78 bits per heavy atom. The second-order valence-electron chi connectivity index (χ2n) is 5.07. The van der Waals surface area contributed by atoms with E-state index in [9.17, 15) is 4.79 Å². The molecule has 0 aromatic rings. The Labute approximate surface area is 113 Å². The molecule has 0 aromatic carbocycles. The van der Waals surface area contributed by atoms with E-state index in [1.54, 1.807) is 11.9 Å². The first-order valence-corrected chi connectivity index (χ1v) is 7.51. The SMILES string of the molecule is CCCCCCCCCCCCN(C)C(=O)OC. The molecule has 0 aliphatic carbocycles. The normalized spacial score (nSPS) is 10.4. The standard InChI is InChI=1S/C15H31NO2/c1-4-5-6-7-8-9-10-11-12-13-14-16(2)15(17)18-3/h4-14H2,1-3H3. The summed E-state index contributed by atoms with van der Waals surface area (Å²) in [4.78, 5) is 12.8. The lowest BCUT2D eigenvalue weighted by molar-refractivity contribution is 0.132. The average molecular weight is 257 g/mol. The van der Waals surface area contributed by atoms with E-state index in [-0.39, 0.29) is 6.09 Å². The number of amides is 1. The zero-order valence-electron chi connectivity index (χ0n) is 12.5. The van der Waals surface area contributed by atoms with Gasteiger partial charge in [-0.05, 0) is 6.42 Å². The molecule has 0 N–H and O–H groups in total. The number of hydrogen-bond acceptors (Lipinski definition) is 2. The maximum Gasteiger partial charge on any atom is 0.409 e. The van der Waals surface area contributed by atoms with E-state index in [0.717, 1.165) is 13.0 Å². The molecular formula is C15H31NO2. The molecule has 0 saturated carbocycles. The predicted octanol–water partition coefficient (Wildman–Crippen LogP) is 4.61. The lowest BCUT2D eigenvalue weighted by Gasteiger charge is -2.14. The molecule has 0 radical (unpaired) electrons. The number of nitrogens with zero attached hydrogens (tertiary/aromatic N) is 1. The summed E-state index contributed by atoms with van der Waals surface area (Å²) >= 11 is 0. The van der Waals surface area contributed by atoms with E-state index < -0.39 is 0 Å². The van der Waals surface area contributed by atoms with Gasteiger partial charge in [-0.25, -0.2) is 4.79 Å². The highest BCUT2D eigenvalue weighted by Gasteiger charge is 2.06. The van der Waals surface area contributed by atoms with E-state index in [2.05, 4.69) is 11.7 Å². The van der Waals surface area contributed by atoms with E-state index >= 15 is 0 Å². The van der Waals surface area contributed by atoms with Crippen LogP contribution < -0.4 is 0 Å². The molecule has 0 bridgehead atoms. The van der Waals surface area contributed by atoms with E-state index in [0.29, 0.717) is 0 Å². The van der Waals surface area contributed by atoms with Gasteiger partial charge >= 0.3 is 6.09 Å². The van der Waals surface area contributed by atoms with Crippen LogP contribution in [0.1, 0.15) is 71.1 Å². The van der Waals surface area contributed by atoms with Crippen molar-refractivity contribution < 1.29 is 9.53 Å². The van der Waals surface area contributed by atoms with Crippen LogP contribution in [0.25, 0.3) is 0 Å². The van der Waals surface area contributed by atoms with Crippen LogP contribution in [-0.2, 0) is 4.74 Å². The van der Waals surface area contributed by atoms with E-state index in [1.807, 2.05) is 0 Å². The van der Waals surface area contributed by atoms with Crippen molar-refractivity contribution in [2.24, 2.45) is 0 Å². The molecule has 0 rings (SSSR count). The van der Waals surface area contributed by atoms with Gasteiger partial charge in [0.2, 0.25) is 0 Å². The first-order chi connectivity index (χ1) is 8.72. The zero-order chi connectivity index (χ0) is 13.6. The van der Waals surface area contributed by atoms with Crippen LogP contribution in [0.4, 0.5) is 4.79 Å². The van der Waals surface area contributed by atoms with Crippen LogP contribution in [0.3, 0.4) is 0 Å². The predicted molar refractivity (Wildman–Crippen MR) is 76.9 cm³/mol. The number of hydrogen-bond donors (Lipinski definition) is 0. The lowest BCUT2D eigenvalue weighted by Crippen LogP contribution is -2.27. The van der Waals surface area contributed by atoms with Gasteiger partial charge < -0.3 is 9.64 Å². The van der Waals surface area contributed by atoms with Crippen LogP contribution in [0.15, 0.2) is 0 Å². The van der Waals surface area contributed by atoms with Gasteiger partial charge in [-0.3, -0.25) is 0 Å². The average Bonchev–Trinajstić information content (AvgIpc) is 2.39. The summed E-state index contributed by atoms with van der Waals surface area (Å²) in [7, 11) is 3.22. The topological polar surface area (TPSA) is 29.5 Å². The molecule has 0 fully saturated rings. The quantitative estimate of drug-likeness (QED) is 0.506. The fourth-order valence-corrected chi connectivity index (χ4v) is 2.08. The Morgan fingerprint density at radius 2 is 1.33 bits per heavy atom. The first-order valence-electron chi connectivity index (χ1n) is 7.51. The molecule has 3 nitrogen and oxygen atoms in total. The van der Waals surface area contributed by atoms with Crippen molar-refractivity contribution >= 4 is 6.09 Å². The number of ether oxygens (including phenoxy) is 1. The second kappa shape index (κ2) is 12.7. The number of methoxy groups -OCH3 is 1. The number of unbranched alkanes of at least 4 members (excludes halogenated alkanes) is 9. The van der Waals surface area contributed by atoms with Crippen LogP contribution in [0.5, 0.6) is 0 Å². The van der Waals surface area contributed by atoms with Crippen molar-refractivity contribution in [3.8, 4) is 0 Å². The molecule has 1 amide bonds. The lowest BCUT2D eigenvalue weighted by atomic mass is 10.1. The largest absolute Gasteiger partial charge is 0.453 e. The molecule has 0 aromatic heterocycles. The van der Waals surface area contributed by atoms with Crippen molar-refractivity contribution in [3.63, 3.8) is 0 Å². The van der Waals surface area contributed by atoms with E-state index in [4.69, 9.17) is 0 Å². The van der Waals surface area contributed by atoms with Crippen molar-refractivity contribution in [3.05, 3.63) is 0 Å². The molecular weight excluding hydrogens is 226 g/mol. The van der Waals surface area contributed by atoms with Crippen LogP contribution >= 0.6 is 0 Å². The van der Waals surface area contributed by atoms with Crippen molar-refractivity contribution in [1.82, 2.24) is 4.90 Å². The van der Waals surface area contributed by atoms with E-state index in [1.165, 1.54) is 64.9 Å². The fraction of sp³-hybridized carbons (Fsp3) is 0.933. The summed E-state index contributed by atoms with van der Waals surface area (Å²) in [6, 6.07) is 0. The molecule has 0 atom stereocenters. The summed E-state index contributed by atoms with van der Waals surface area (Å²) in [6.07, 6.45) is 13.0. The maximum atomic E-state index is 11.1. The van der Waals surface area contributed by atoms with Gasteiger partial charge in [0, 0.05) is 13.6 Å². The van der Waals surface area contributed by atoms with Crippen molar-refractivity contribution in [2.75, 3.05) is 20.7 Å². The third kappa shape index (κ3) is 10.4. The second-order valence-corrected chi connectivity index (χ2v) is 5.07. The summed E-state index contributed by atoms with van der Waals surface area (Å²) in [5, 5.41) is 0. The molecule has 108 valence electrons. The third-order valence-corrected chi connectivity index (χ3v) is 3.33. The minimum absolute atomic E-state index is 0.231. The highest BCUT2D eigenvalue weighted by Crippen LogP contribution is 2.10. The minimum Gasteiger partial charge on any atom is -0.453 e. The Kier molecular flexibility index (Phi) is 12.2. The maximum absolute atomic E-state index is 11.1. The minimum atomic E-state index is -0.231. The molecule has 0 aliphatic rings. The third-order valence-electron chi connectivity index (χ3n) is 3.33. The Bertz CT molecular complexity index is 195. The zero-order valence-corrected chi connectivity index (χ0v) is 12.5. The number of rotatable bonds is 11. The molecule has 0 spiro atoms. The van der Waals surface area contributed by atoms with Crippen LogP contribution in [-0.4, -0.2) is 31.7 Å². The van der Waals surface area contributed by atoms with Gasteiger partial charge in [-0.15, -0.1) is 0 Å². The molecule has 18 heavy (non-hydrogen) atoms. The number of carbonyl (C=O) groups is 1. The van der Waals surface area contributed by atoms with Crippen LogP contribution in [0, 0.1) is 0 Å². The van der Waals surface area contributed by atoms with Gasteiger partial charge in [0.1, 0.15) is 0 Å². The van der Waals surface area contributed by atoms with Crippen LogP contribution in [0.2, 0.25) is 0 Å². The van der Waals surface area contributed by atoms with Gasteiger partial charge in [0.25, 0.3) is 0 Å². The summed E-state index contributed by atoms with van der Waals surface area (Å²) < 4.78 is 4.64. The highest BCUT2D eigenvalue weighted by molar-refractivity contribution is 5.66. The Morgan fingerprint density at radius 1 is 0.889 bits per heavy atom. The van der Waals surface area contributed by atoms with Crippen molar-refractivity contribution in [1.29, 1.82) is 0 Å². The molecule has 0 aliphatic heterocycles.